The van der Waals surface area contributed by atoms with Crippen molar-refractivity contribution in [1.82, 2.24) is 20.2 Å². The molecule has 0 amide bonds. The van der Waals surface area contributed by atoms with E-state index in [9.17, 15) is 19.8 Å². The maximum atomic E-state index is 11.4. The zero-order chi connectivity index (χ0) is 23.9. The second-order valence-electron chi connectivity index (χ2n) is 9.72. The summed E-state index contributed by atoms with van der Waals surface area (Å²) in [4.78, 5) is 33.4. The highest BCUT2D eigenvalue weighted by Crippen LogP contribution is 2.42. The van der Waals surface area contributed by atoms with Crippen molar-refractivity contribution in [1.29, 1.82) is 0 Å². The Morgan fingerprint density at radius 3 is 2.44 bits per heavy atom. The van der Waals surface area contributed by atoms with Crippen molar-refractivity contribution in [2.24, 2.45) is 11.8 Å². The van der Waals surface area contributed by atoms with Crippen molar-refractivity contribution in [3.8, 4) is 0 Å². The molecular weight excluding hydrogens is 438 g/mol. The van der Waals surface area contributed by atoms with Gasteiger partial charge in [-0.1, -0.05) is 0 Å². The molecule has 182 valence electrons. The lowest BCUT2D eigenvalue weighted by Gasteiger charge is -2.32. The molecule has 0 radical (unpaired) electrons. The van der Waals surface area contributed by atoms with Crippen LogP contribution in [0.4, 0.5) is 5.69 Å². The van der Waals surface area contributed by atoms with Gasteiger partial charge in [0.15, 0.2) is 5.65 Å². The fraction of sp³-hybridized carbons (Fsp3) is 0.583. The predicted molar refractivity (Wildman–Crippen MR) is 125 cm³/mol. The van der Waals surface area contributed by atoms with Gasteiger partial charge in [0.2, 0.25) is 0 Å². The lowest BCUT2D eigenvalue weighted by atomic mass is 9.78. The van der Waals surface area contributed by atoms with Crippen LogP contribution in [-0.2, 0) is 21.0 Å². The zero-order valence-corrected chi connectivity index (χ0v) is 19.3. The van der Waals surface area contributed by atoms with Crippen LogP contribution in [-0.4, -0.2) is 48.6 Å². The number of rotatable bonds is 6. The number of carboxylic acid groups (broad SMARTS) is 2. The van der Waals surface area contributed by atoms with Gasteiger partial charge in [0.25, 0.3) is 0 Å². The van der Waals surface area contributed by atoms with Crippen molar-refractivity contribution in [3.63, 3.8) is 0 Å². The van der Waals surface area contributed by atoms with Gasteiger partial charge in [-0.15, -0.1) is 0 Å². The standard InChI is InChI=1S/C24H31N5O5/c1-2-29-21-18(13-26-29)20(27-16-5-3-14(4-6-16)22(30)31)17(12-25-21)19-11-24(34-28-19)9-7-15(8-10-24)23(32)33/h11-16,28H,2-10H2,1H3,(H,25,27)(H,30,31)(H,32,33). The fourth-order valence-electron chi connectivity index (χ4n) is 5.52. The number of aromatic nitrogens is 3. The molecule has 3 heterocycles. The average Bonchev–Trinajstić information content (AvgIpc) is 3.44. The first-order valence-corrected chi connectivity index (χ1v) is 12.1. The minimum Gasteiger partial charge on any atom is -0.481 e. The molecule has 1 spiro atoms. The summed E-state index contributed by atoms with van der Waals surface area (Å²) in [5.74, 6) is -2.04. The number of carbonyl (C=O) groups is 2. The van der Waals surface area contributed by atoms with Gasteiger partial charge in [0, 0.05) is 24.3 Å². The summed E-state index contributed by atoms with van der Waals surface area (Å²) in [6.07, 6.45) is 11.1. The molecule has 2 aliphatic carbocycles. The maximum Gasteiger partial charge on any atom is 0.306 e. The molecule has 34 heavy (non-hydrogen) atoms. The normalized spacial score (nSPS) is 29.1. The van der Waals surface area contributed by atoms with Crippen LogP contribution in [0.1, 0.15) is 63.9 Å². The Morgan fingerprint density at radius 1 is 1.12 bits per heavy atom. The molecule has 4 N–H and O–H groups in total. The smallest absolute Gasteiger partial charge is 0.306 e. The topological polar surface area (TPSA) is 139 Å². The summed E-state index contributed by atoms with van der Waals surface area (Å²) in [7, 11) is 0. The van der Waals surface area contributed by atoms with E-state index in [0.717, 1.165) is 40.8 Å². The number of nitrogens with zero attached hydrogens (tertiary/aromatic N) is 3. The van der Waals surface area contributed by atoms with Gasteiger partial charge >= 0.3 is 11.9 Å². The van der Waals surface area contributed by atoms with Crippen molar-refractivity contribution >= 4 is 34.4 Å². The second kappa shape index (κ2) is 8.90. The number of hydrogen-bond acceptors (Lipinski definition) is 7. The number of carboxylic acids is 2. The number of aryl methyl sites for hydroxylation is 1. The highest BCUT2D eigenvalue weighted by molar-refractivity contribution is 5.96. The molecule has 0 bridgehead atoms. The summed E-state index contributed by atoms with van der Waals surface area (Å²) in [5, 5.41) is 27.8. The number of fused-ring (bicyclic) bond motifs is 1. The van der Waals surface area contributed by atoms with Crippen LogP contribution in [0.25, 0.3) is 16.7 Å². The number of hydrogen-bond donors (Lipinski definition) is 4. The van der Waals surface area contributed by atoms with E-state index in [0.29, 0.717) is 45.1 Å². The molecule has 2 fully saturated rings. The number of pyridine rings is 1. The third-order valence-electron chi connectivity index (χ3n) is 7.63. The quantitative estimate of drug-likeness (QED) is 0.501. The molecule has 2 saturated carbocycles. The van der Waals surface area contributed by atoms with Crippen molar-refractivity contribution in [2.45, 2.75) is 76.5 Å². The van der Waals surface area contributed by atoms with E-state index in [1.165, 1.54) is 0 Å². The Bertz CT molecular complexity index is 1130. The number of nitrogens with one attached hydrogen (secondary N) is 2. The van der Waals surface area contributed by atoms with Crippen LogP contribution in [0.2, 0.25) is 0 Å². The monoisotopic (exact) mass is 469 g/mol. The van der Waals surface area contributed by atoms with Crippen LogP contribution in [0.5, 0.6) is 0 Å². The van der Waals surface area contributed by atoms with Crippen molar-refractivity contribution < 1.29 is 24.6 Å². The molecule has 0 unspecified atom stereocenters. The van der Waals surface area contributed by atoms with Gasteiger partial charge in [-0.05, 0) is 64.4 Å². The van der Waals surface area contributed by atoms with Crippen LogP contribution in [0.15, 0.2) is 18.5 Å². The molecule has 0 aromatic carbocycles. The molecule has 0 atom stereocenters. The van der Waals surface area contributed by atoms with Crippen LogP contribution in [0.3, 0.4) is 0 Å². The number of aliphatic carboxylic acids is 2. The van der Waals surface area contributed by atoms with Gasteiger partial charge in [-0.3, -0.25) is 19.9 Å². The van der Waals surface area contributed by atoms with Gasteiger partial charge in [-0.2, -0.15) is 5.10 Å². The Balaban J connectivity index is 1.44. The summed E-state index contributed by atoms with van der Waals surface area (Å²) >= 11 is 0. The SMILES string of the molecule is CCn1ncc2c(NC3CCC(C(=O)O)CC3)c(C3=CC4(CCC(C(=O)O)CC4)ON3)cnc21. The minimum absolute atomic E-state index is 0.160. The minimum atomic E-state index is -0.739. The Hall–Kier alpha value is -3.14. The molecule has 10 nitrogen and oxygen atoms in total. The molecule has 2 aromatic rings. The van der Waals surface area contributed by atoms with Gasteiger partial charge < -0.3 is 15.5 Å². The molecule has 3 aliphatic rings. The van der Waals surface area contributed by atoms with Gasteiger partial charge in [0.05, 0.1) is 34.8 Å². The van der Waals surface area contributed by atoms with E-state index < -0.39 is 17.5 Å². The lowest BCUT2D eigenvalue weighted by molar-refractivity contribution is -0.145. The van der Waals surface area contributed by atoms with E-state index in [1.807, 2.05) is 24.0 Å². The molecule has 0 saturated heterocycles. The third-order valence-corrected chi connectivity index (χ3v) is 7.63. The summed E-state index contributed by atoms with van der Waals surface area (Å²) < 4.78 is 1.85. The number of anilines is 1. The first kappa shape index (κ1) is 22.6. The first-order chi connectivity index (χ1) is 16.4. The van der Waals surface area contributed by atoms with E-state index in [1.54, 1.807) is 0 Å². The van der Waals surface area contributed by atoms with E-state index in [-0.39, 0.29) is 17.9 Å². The fourth-order valence-corrected chi connectivity index (χ4v) is 5.52. The maximum absolute atomic E-state index is 11.4. The highest BCUT2D eigenvalue weighted by Gasteiger charge is 2.41. The zero-order valence-electron chi connectivity index (χ0n) is 19.3. The summed E-state index contributed by atoms with van der Waals surface area (Å²) in [6, 6.07) is 0.160. The predicted octanol–water partition coefficient (Wildman–Crippen LogP) is 3.40. The Kier molecular flexibility index (Phi) is 5.93. The highest BCUT2D eigenvalue weighted by atomic mass is 16.7. The Labute approximate surface area is 197 Å². The van der Waals surface area contributed by atoms with E-state index >= 15 is 0 Å². The summed E-state index contributed by atoms with van der Waals surface area (Å²) in [5.41, 5.74) is 5.98. The molecule has 5 rings (SSSR count). The van der Waals surface area contributed by atoms with Gasteiger partial charge in [-0.25, -0.2) is 9.67 Å². The lowest BCUT2D eigenvalue weighted by Crippen LogP contribution is -2.36. The molecule has 2 aromatic heterocycles. The van der Waals surface area contributed by atoms with E-state index in [4.69, 9.17) is 4.84 Å². The Morgan fingerprint density at radius 2 is 1.79 bits per heavy atom. The van der Waals surface area contributed by atoms with Crippen LogP contribution in [0, 0.1) is 11.8 Å². The summed E-state index contributed by atoms with van der Waals surface area (Å²) in [6.45, 7) is 2.73. The molecule has 1 aliphatic heterocycles. The van der Waals surface area contributed by atoms with Crippen LogP contribution >= 0.6 is 0 Å². The first-order valence-electron chi connectivity index (χ1n) is 12.1. The largest absolute Gasteiger partial charge is 0.481 e. The van der Waals surface area contributed by atoms with E-state index in [2.05, 4.69) is 27.0 Å². The average molecular weight is 470 g/mol. The van der Waals surface area contributed by atoms with Crippen LogP contribution < -0.4 is 10.8 Å². The molecular formula is C24H31N5O5. The van der Waals surface area contributed by atoms with Gasteiger partial charge in [0.1, 0.15) is 5.60 Å². The second-order valence-corrected chi connectivity index (χ2v) is 9.72. The third kappa shape index (κ3) is 4.11. The molecule has 10 heteroatoms. The van der Waals surface area contributed by atoms with Crippen molar-refractivity contribution in [2.75, 3.05) is 5.32 Å². The number of hydroxylamine groups is 1. The van der Waals surface area contributed by atoms with Crippen molar-refractivity contribution in [3.05, 3.63) is 24.0 Å².